The molecule has 2 heterocycles. The highest BCUT2D eigenvalue weighted by molar-refractivity contribution is 5.56. The van der Waals surface area contributed by atoms with Gasteiger partial charge in [-0.3, -0.25) is 4.90 Å². The minimum atomic E-state index is 0.586. The molecule has 1 aromatic carbocycles. The lowest BCUT2D eigenvalue weighted by Gasteiger charge is -2.35. The van der Waals surface area contributed by atoms with Gasteiger partial charge in [0, 0.05) is 38.4 Å². The van der Waals surface area contributed by atoms with E-state index in [0.29, 0.717) is 6.04 Å². The Balaban J connectivity index is 1.74. The first-order valence-corrected chi connectivity index (χ1v) is 8.05. The Bertz CT molecular complexity index is 458. The first-order chi connectivity index (χ1) is 9.78. The first kappa shape index (κ1) is 13.9. The van der Waals surface area contributed by atoms with Crippen molar-refractivity contribution in [2.45, 2.75) is 44.7 Å². The van der Waals surface area contributed by atoms with Crippen molar-refractivity contribution in [3.8, 4) is 0 Å². The molecule has 1 aromatic rings. The molecule has 3 rings (SSSR count). The zero-order chi connectivity index (χ0) is 13.9. The Kier molecular flexibility index (Phi) is 4.27. The van der Waals surface area contributed by atoms with Gasteiger partial charge in [-0.25, -0.2) is 0 Å². The molecule has 0 radical (unpaired) electrons. The number of piperidine rings is 1. The molecular formula is C17H27N3. The fraction of sp³-hybridized carbons (Fsp3) is 0.647. The van der Waals surface area contributed by atoms with Crippen LogP contribution in [0.2, 0.25) is 0 Å². The number of rotatable bonds is 3. The van der Waals surface area contributed by atoms with Gasteiger partial charge in [0.2, 0.25) is 0 Å². The Hall–Kier alpha value is -1.06. The third kappa shape index (κ3) is 2.84. The second-order valence-electron chi connectivity index (χ2n) is 6.34. The van der Waals surface area contributed by atoms with E-state index in [1.807, 2.05) is 0 Å². The summed E-state index contributed by atoms with van der Waals surface area (Å²) in [6.07, 6.45) is 6.44. The lowest BCUT2D eigenvalue weighted by atomic mass is 9.97. The number of fused-ring (bicyclic) bond motifs is 1. The Morgan fingerprint density at radius 1 is 1.20 bits per heavy atom. The van der Waals surface area contributed by atoms with Gasteiger partial charge in [-0.05, 0) is 49.4 Å². The van der Waals surface area contributed by atoms with Gasteiger partial charge in [0.1, 0.15) is 0 Å². The molecule has 0 amide bonds. The van der Waals surface area contributed by atoms with Crippen LogP contribution in [0.5, 0.6) is 0 Å². The maximum atomic E-state index is 5.93. The number of nitrogens with zero attached hydrogens (tertiary/aromatic N) is 2. The number of anilines is 1. The molecule has 0 bridgehead atoms. The summed E-state index contributed by atoms with van der Waals surface area (Å²) in [6.45, 7) is 4.26. The van der Waals surface area contributed by atoms with E-state index in [4.69, 9.17) is 5.73 Å². The molecule has 2 aliphatic heterocycles. The molecule has 0 aromatic heterocycles. The fourth-order valence-electron chi connectivity index (χ4n) is 3.71. The van der Waals surface area contributed by atoms with E-state index in [-0.39, 0.29) is 0 Å². The fourth-order valence-corrected chi connectivity index (χ4v) is 3.71. The average molecular weight is 273 g/mol. The predicted octanol–water partition coefficient (Wildman–Crippen LogP) is 2.38. The minimum absolute atomic E-state index is 0.586. The summed E-state index contributed by atoms with van der Waals surface area (Å²) in [5.74, 6) is 0. The molecule has 0 aliphatic carbocycles. The molecule has 0 spiro atoms. The SMILES string of the molecule is CN1CCCc2cc(CN3CCCCC3CN)ccc21. The smallest absolute Gasteiger partial charge is 0.0396 e. The second kappa shape index (κ2) is 6.15. The minimum Gasteiger partial charge on any atom is -0.374 e. The Morgan fingerprint density at radius 2 is 2.10 bits per heavy atom. The zero-order valence-corrected chi connectivity index (χ0v) is 12.6. The van der Waals surface area contributed by atoms with Crippen molar-refractivity contribution in [1.29, 1.82) is 0 Å². The maximum absolute atomic E-state index is 5.93. The summed E-state index contributed by atoms with van der Waals surface area (Å²) in [5.41, 5.74) is 10.3. The van der Waals surface area contributed by atoms with Crippen molar-refractivity contribution in [1.82, 2.24) is 4.90 Å². The molecule has 1 unspecified atom stereocenters. The molecule has 1 saturated heterocycles. The van der Waals surface area contributed by atoms with Gasteiger partial charge >= 0.3 is 0 Å². The van der Waals surface area contributed by atoms with Gasteiger partial charge in [-0.1, -0.05) is 18.6 Å². The highest BCUT2D eigenvalue weighted by Gasteiger charge is 2.21. The Morgan fingerprint density at radius 3 is 2.95 bits per heavy atom. The van der Waals surface area contributed by atoms with Crippen LogP contribution in [0.25, 0.3) is 0 Å². The number of aryl methyl sites for hydroxylation is 1. The highest BCUT2D eigenvalue weighted by atomic mass is 15.2. The largest absolute Gasteiger partial charge is 0.374 e. The number of benzene rings is 1. The quantitative estimate of drug-likeness (QED) is 0.918. The van der Waals surface area contributed by atoms with Crippen LogP contribution in [-0.2, 0) is 13.0 Å². The normalized spacial score (nSPS) is 23.7. The van der Waals surface area contributed by atoms with Crippen LogP contribution in [0.15, 0.2) is 18.2 Å². The summed E-state index contributed by atoms with van der Waals surface area (Å²) in [6, 6.07) is 7.63. The summed E-state index contributed by atoms with van der Waals surface area (Å²) >= 11 is 0. The number of likely N-dealkylation sites (tertiary alicyclic amines) is 1. The molecule has 110 valence electrons. The van der Waals surface area contributed by atoms with Gasteiger partial charge in [0.15, 0.2) is 0 Å². The Labute approximate surface area is 122 Å². The number of hydrogen-bond donors (Lipinski definition) is 1. The monoisotopic (exact) mass is 273 g/mol. The van der Waals surface area contributed by atoms with Gasteiger partial charge in [0.05, 0.1) is 0 Å². The van der Waals surface area contributed by atoms with Gasteiger partial charge in [-0.2, -0.15) is 0 Å². The van der Waals surface area contributed by atoms with Crippen molar-refractivity contribution in [2.24, 2.45) is 5.73 Å². The van der Waals surface area contributed by atoms with Crippen LogP contribution in [0.4, 0.5) is 5.69 Å². The highest BCUT2D eigenvalue weighted by Crippen LogP contribution is 2.28. The molecule has 3 nitrogen and oxygen atoms in total. The molecule has 3 heteroatoms. The first-order valence-electron chi connectivity index (χ1n) is 8.05. The third-order valence-corrected chi connectivity index (χ3v) is 4.90. The number of nitrogens with two attached hydrogens (primary N) is 1. The zero-order valence-electron chi connectivity index (χ0n) is 12.6. The van der Waals surface area contributed by atoms with Crippen LogP contribution in [0.3, 0.4) is 0 Å². The van der Waals surface area contributed by atoms with Crippen LogP contribution < -0.4 is 10.6 Å². The summed E-state index contributed by atoms with van der Waals surface area (Å²) in [7, 11) is 2.20. The number of hydrogen-bond acceptors (Lipinski definition) is 3. The van der Waals surface area contributed by atoms with E-state index in [2.05, 4.69) is 35.0 Å². The van der Waals surface area contributed by atoms with E-state index in [0.717, 1.165) is 13.1 Å². The van der Waals surface area contributed by atoms with Crippen molar-refractivity contribution in [3.63, 3.8) is 0 Å². The van der Waals surface area contributed by atoms with Crippen molar-refractivity contribution in [3.05, 3.63) is 29.3 Å². The van der Waals surface area contributed by atoms with Gasteiger partial charge in [-0.15, -0.1) is 0 Å². The lowest BCUT2D eigenvalue weighted by Crippen LogP contribution is -2.43. The third-order valence-electron chi connectivity index (χ3n) is 4.90. The van der Waals surface area contributed by atoms with Crippen LogP contribution in [0, 0.1) is 0 Å². The molecule has 1 atom stereocenters. The standard InChI is InChI=1S/C17H27N3/c1-19-9-4-5-15-11-14(7-8-17(15)19)13-20-10-3-2-6-16(20)12-18/h7-8,11,16H,2-6,9-10,12-13,18H2,1H3. The van der Waals surface area contributed by atoms with Crippen LogP contribution >= 0.6 is 0 Å². The van der Waals surface area contributed by atoms with Crippen LogP contribution in [0.1, 0.15) is 36.8 Å². The average Bonchev–Trinajstić information content (AvgIpc) is 2.48. The van der Waals surface area contributed by atoms with E-state index in [1.54, 1.807) is 0 Å². The molecule has 2 aliphatic rings. The molecular weight excluding hydrogens is 246 g/mol. The summed E-state index contributed by atoms with van der Waals surface area (Å²) in [5, 5.41) is 0. The predicted molar refractivity (Wildman–Crippen MR) is 85.1 cm³/mol. The summed E-state index contributed by atoms with van der Waals surface area (Å²) < 4.78 is 0. The van der Waals surface area contributed by atoms with E-state index in [1.165, 1.54) is 62.0 Å². The molecule has 20 heavy (non-hydrogen) atoms. The van der Waals surface area contributed by atoms with Gasteiger partial charge in [0.25, 0.3) is 0 Å². The van der Waals surface area contributed by atoms with Crippen molar-refractivity contribution < 1.29 is 0 Å². The topological polar surface area (TPSA) is 32.5 Å². The van der Waals surface area contributed by atoms with Crippen molar-refractivity contribution >= 4 is 5.69 Å². The lowest BCUT2D eigenvalue weighted by molar-refractivity contribution is 0.145. The summed E-state index contributed by atoms with van der Waals surface area (Å²) in [4.78, 5) is 4.96. The molecule has 0 saturated carbocycles. The van der Waals surface area contributed by atoms with Gasteiger partial charge < -0.3 is 10.6 Å². The maximum Gasteiger partial charge on any atom is 0.0396 e. The van der Waals surface area contributed by atoms with E-state index in [9.17, 15) is 0 Å². The van der Waals surface area contributed by atoms with E-state index >= 15 is 0 Å². The molecule has 2 N–H and O–H groups in total. The van der Waals surface area contributed by atoms with E-state index < -0.39 is 0 Å². The van der Waals surface area contributed by atoms with Crippen molar-refractivity contribution in [2.75, 3.05) is 31.6 Å². The second-order valence-corrected chi connectivity index (χ2v) is 6.34. The van der Waals surface area contributed by atoms with Crippen LogP contribution in [-0.4, -0.2) is 37.6 Å². The molecule has 1 fully saturated rings.